The van der Waals surface area contributed by atoms with E-state index in [1.165, 1.54) is 36.5 Å². The predicted molar refractivity (Wildman–Crippen MR) is 468 cm³/mol. The summed E-state index contributed by atoms with van der Waals surface area (Å²) in [4.78, 5) is 74.2. The molecule has 21 heteroatoms. The Bertz CT molecular complexity index is 6040. The van der Waals surface area contributed by atoms with Gasteiger partial charge in [-0.3, -0.25) is 14.4 Å². The van der Waals surface area contributed by atoms with Crippen molar-refractivity contribution in [2.75, 3.05) is 61.7 Å². The van der Waals surface area contributed by atoms with Gasteiger partial charge in [0.2, 0.25) is 0 Å². The van der Waals surface area contributed by atoms with Crippen LogP contribution < -0.4 is 47.5 Å². The van der Waals surface area contributed by atoms with E-state index in [1.807, 2.05) is 180 Å². The van der Waals surface area contributed by atoms with Gasteiger partial charge in [0.15, 0.2) is 0 Å². The lowest BCUT2D eigenvalue weighted by Gasteiger charge is -2.15. The van der Waals surface area contributed by atoms with E-state index in [1.54, 1.807) is 58.8 Å². The molecule has 19 nitrogen and oxygen atoms in total. The number of methoxy groups -OCH3 is 6. The average molecular weight is 1670 g/mol. The summed E-state index contributed by atoms with van der Waals surface area (Å²) in [7, 11) is 13.4. The molecule has 121 heavy (non-hydrogen) atoms. The Kier molecular flexibility index (Phi) is 26.4. The molecule has 0 aromatic heterocycles. The van der Waals surface area contributed by atoms with Gasteiger partial charge in [0.1, 0.15) is 71.6 Å². The topological polar surface area (TPSA) is 216 Å². The van der Waals surface area contributed by atoms with Crippen LogP contribution >= 0.6 is 23.2 Å². The molecule has 618 valence electrons. The maximum atomic E-state index is 12.2. The van der Waals surface area contributed by atoms with Crippen LogP contribution in [-0.2, 0) is 74.1 Å². The van der Waals surface area contributed by atoms with Crippen molar-refractivity contribution >= 4 is 64.7 Å². The fraction of sp³-hybridized carbons (Fsp3) is 0.220. The second kappa shape index (κ2) is 37.3. The summed E-state index contributed by atoms with van der Waals surface area (Å²) < 4.78 is 63.6. The number of hydrogen-bond donors (Lipinski definition) is 0. The van der Waals surface area contributed by atoms with E-state index >= 15 is 0 Å². The zero-order valence-corrected chi connectivity index (χ0v) is 71.5. The maximum absolute atomic E-state index is 12.2. The highest BCUT2D eigenvalue weighted by molar-refractivity contribution is 6.33. The van der Waals surface area contributed by atoms with Gasteiger partial charge >= 0.3 is 35.8 Å². The SMILES string of the molecule is CCc1ccc2c(c1)OC(=O)Cc1cc(OC)ccc1-2.COc1cc2c(cc1Cl)-c1cc(C)c(C)cc1COC2=O.COc1cc2c(cc1Cl)-c1ccc(C)cc1COC2=O.COc1ccc2c(c1)C(=O)OCc1cc(C)c(C)cc1-2.COc1ccc2c(c1)CC(=O)Oc1cc(C)ccc1-2.COc1ccc2c(c1)CC(=O)Oc1cc(N(C)C)ccc1-2. The summed E-state index contributed by atoms with van der Waals surface area (Å²) in [6.07, 6.45) is 1.70. The second-order valence-electron chi connectivity index (χ2n) is 29.8. The monoisotopic (exact) mass is 1660 g/mol. The molecular weight excluding hydrogens is 1570 g/mol. The van der Waals surface area contributed by atoms with Crippen molar-refractivity contribution in [1.29, 1.82) is 0 Å². The van der Waals surface area contributed by atoms with Gasteiger partial charge in [-0.15, -0.1) is 0 Å². The highest BCUT2D eigenvalue weighted by Crippen LogP contribution is 2.45. The molecule has 0 bridgehead atoms. The van der Waals surface area contributed by atoms with E-state index in [2.05, 4.69) is 51.1 Å². The number of carbonyl (C=O) groups excluding carboxylic acids is 6. The number of benzene rings is 12. The van der Waals surface area contributed by atoms with Crippen molar-refractivity contribution in [3.8, 4) is 119 Å². The Morgan fingerprint density at radius 3 is 1.07 bits per heavy atom. The smallest absolute Gasteiger partial charge is 0.339 e. The number of carbonyl (C=O) groups is 6. The minimum Gasteiger partial charge on any atom is -0.497 e. The van der Waals surface area contributed by atoms with Gasteiger partial charge in [0, 0.05) is 42.5 Å². The largest absolute Gasteiger partial charge is 0.497 e. The Morgan fingerprint density at radius 1 is 0.306 bits per heavy atom. The van der Waals surface area contributed by atoms with Gasteiger partial charge in [-0.25, -0.2) is 14.4 Å². The molecule has 0 fully saturated rings. The normalized spacial score (nSPS) is 13.0. The van der Waals surface area contributed by atoms with Gasteiger partial charge < -0.3 is 61.7 Å². The molecule has 18 rings (SSSR count). The zero-order valence-electron chi connectivity index (χ0n) is 70.0. The van der Waals surface area contributed by atoms with Crippen LogP contribution in [0.5, 0.6) is 51.7 Å². The molecule has 0 aliphatic carbocycles. The molecule has 0 amide bonds. The van der Waals surface area contributed by atoms with Crippen LogP contribution in [-0.4, -0.2) is 92.6 Å². The highest BCUT2D eigenvalue weighted by atomic mass is 35.5. The maximum Gasteiger partial charge on any atom is 0.339 e. The van der Waals surface area contributed by atoms with Gasteiger partial charge in [-0.1, -0.05) is 121 Å². The lowest BCUT2D eigenvalue weighted by atomic mass is 9.93. The molecule has 0 atom stereocenters. The standard InChI is InChI=1S/C17H15ClO3.C17H17NO3.2C17H16O3.C16H13ClO3.C16H14O3/c1-9-4-11-8-21-17(19)14-7-16(20-3)15(18)6-13(14)12(11)5-10(9)2;1-18(2)12-4-6-15-14-7-5-13(20-3)8-11(14)9-17(19)21-16(15)10-12;1-10-6-12-9-20-17(18)16-8-13(19-3)4-5-14(16)15(12)7-11(10)2;1-3-11-4-6-15-14-7-5-13(19-2)9-12(14)10-17(18)20-16(15)8-11;1-9-3-4-11-10(5-9)8-20-16(18)13-7-15(19-2)14(17)6-12(11)13;1-10-3-5-14-13-6-4-12(18-2)8-11(13)9-16(17)19-15(14)7-10/h4-7H,8H2,1-3H3;4-8,10H,9H2,1-3H3;4-8H,9H2,1-3H3;4-9H,3,10H2,1-2H3;3-7H,8H2,1-2H3;3-8H,9H2,1-2H3. The number of anilines is 1. The van der Waals surface area contributed by atoms with Crippen LogP contribution in [0.3, 0.4) is 0 Å². The van der Waals surface area contributed by atoms with Crippen LogP contribution in [0.15, 0.2) is 194 Å². The number of esters is 6. The van der Waals surface area contributed by atoms with E-state index in [0.717, 1.165) is 146 Å². The molecule has 0 saturated carbocycles. The first-order valence-electron chi connectivity index (χ1n) is 39.1. The summed E-state index contributed by atoms with van der Waals surface area (Å²) >= 11 is 12.4. The molecule has 0 spiro atoms. The molecule has 6 aliphatic rings. The van der Waals surface area contributed by atoms with E-state index in [9.17, 15) is 28.8 Å². The number of rotatable bonds is 8. The number of cyclic esters (lactones) is 3. The van der Waals surface area contributed by atoms with Crippen molar-refractivity contribution in [3.63, 3.8) is 0 Å². The minimum atomic E-state index is -0.358. The summed E-state index contributed by atoms with van der Waals surface area (Å²) in [5.74, 6) is 4.01. The van der Waals surface area contributed by atoms with E-state index in [4.69, 9.17) is 80.0 Å². The average Bonchev–Trinajstić information content (AvgIpc) is 1.73. The summed E-state index contributed by atoms with van der Waals surface area (Å²) in [6.45, 7) is 15.2. The van der Waals surface area contributed by atoms with Crippen molar-refractivity contribution in [2.45, 2.75) is 94.0 Å². The quantitative estimate of drug-likeness (QED) is 0.0785. The van der Waals surface area contributed by atoms with E-state index in [0.29, 0.717) is 67.8 Å². The Hall–Kier alpha value is -13.4. The number of ether oxygens (including phenoxy) is 12. The highest BCUT2D eigenvalue weighted by Gasteiger charge is 2.30. The van der Waals surface area contributed by atoms with Crippen molar-refractivity contribution in [2.24, 2.45) is 0 Å². The molecule has 12 aromatic rings. The van der Waals surface area contributed by atoms with Crippen molar-refractivity contribution < 1.29 is 85.6 Å². The number of nitrogens with zero attached hydrogens (tertiary/aromatic N) is 1. The molecule has 12 aromatic carbocycles. The molecule has 0 N–H and O–H groups in total. The third-order valence-electron chi connectivity index (χ3n) is 21.7. The van der Waals surface area contributed by atoms with E-state index in [-0.39, 0.29) is 68.3 Å². The number of halogens is 2. The first-order chi connectivity index (χ1) is 58.2. The third kappa shape index (κ3) is 19.0. The fourth-order valence-corrected chi connectivity index (χ4v) is 15.4. The molecule has 0 saturated heterocycles. The first kappa shape index (κ1) is 85.5. The third-order valence-corrected chi connectivity index (χ3v) is 22.3. The molecular formula is C100H91Cl2NO18. The van der Waals surface area contributed by atoms with Gasteiger partial charge in [-0.05, 0) is 268 Å². The first-order valence-corrected chi connectivity index (χ1v) is 39.9. The van der Waals surface area contributed by atoms with Crippen LogP contribution in [0.4, 0.5) is 5.69 Å². The fourth-order valence-electron chi connectivity index (χ4n) is 14.9. The number of aryl methyl sites for hydroxylation is 7. The summed E-state index contributed by atoms with van der Waals surface area (Å²) in [6, 6.07) is 61.9. The summed E-state index contributed by atoms with van der Waals surface area (Å²) in [5, 5.41) is 0.961. The van der Waals surface area contributed by atoms with Crippen molar-refractivity contribution in [3.05, 3.63) is 293 Å². The Morgan fingerprint density at radius 2 is 0.645 bits per heavy atom. The lowest BCUT2D eigenvalue weighted by Crippen LogP contribution is -2.11. The Labute approximate surface area is 713 Å². The van der Waals surface area contributed by atoms with Gasteiger partial charge in [-0.2, -0.15) is 0 Å². The number of fused-ring (bicyclic) bond motifs is 18. The predicted octanol–water partition coefficient (Wildman–Crippen LogP) is 21.4. The van der Waals surface area contributed by atoms with E-state index < -0.39 is 0 Å². The second-order valence-corrected chi connectivity index (χ2v) is 30.6. The number of hydrogen-bond acceptors (Lipinski definition) is 19. The molecule has 0 radical (unpaired) electrons. The van der Waals surface area contributed by atoms with Gasteiger partial charge in [0.05, 0.1) is 88.7 Å². The Balaban J connectivity index is 0.000000125. The lowest BCUT2D eigenvalue weighted by molar-refractivity contribution is -0.134. The molecule has 6 aliphatic heterocycles. The van der Waals surface area contributed by atoms with Crippen molar-refractivity contribution in [1.82, 2.24) is 0 Å². The van der Waals surface area contributed by atoms with Crippen LogP contribution in [0.1, 0.15) is 110 Å². The van der Waals surface area contributed by atoms with Crippen LogP contribution in [0.2, 0.25) is 10.0 Å². The zero-order chi connectivity index (χ0) is 86.2. The minimum absolute atomic E-state index is 0.230. The van der Waals surface area contributed by atoms with Crippen LogP contribution in [0, 0.1) is 41.5 Å². The molecule has 6 heterocycles. The van der Waals surface area contributed by atoms with Crippen LogP contribution in [0.25, 0.3) is 66.8 Å². The molecule has 0 unspecified atom stereocenters. The van der Waals surface area contributed by atoms with Gasteiger partial charge in [0.25, 0.3) is 0 Å². The summed E-state index contributed by atoms with van der Waals surface area (Å²) in [5.41, 5.74) is 27.9.